The van der Waals surface area contributed by atoms with Crippen molar-refractivity contribution in [1.82, 2.24) is 15.3 Å². The number of esters is 2. The van der Waals surface area contributed by atoms with E-state index in [2.05, 4.69) is 5.32 Å². The average molecular weight is 538 g/mol. The first-order valence-electron chi connectivity index (χ1n) is 13.9. The van der Waals surface area contributed by atoms with Crippen molar-refractivity contribution >= 4 is 17.8 Å². The number of amides is 1. The smallest absolute Gasteiger partial charge is 0.331 e. The molecule has 8 heteroatoms. The third-order valence-corrected chi connectivity index (χ3v) is 6.56. The molecule has 212 valence electrons. The second-order valence-corrected chi connectivity index (χ2v) is 11.0. The number of ether oxygens (including phenoxy) is 2. The molecule has 3 rings (SSSR count). The van der Waals surface area contributed by atoms with E-state index in [0.717, 1.165) is 17.5 Å². The fourth-order valence-electron chi connectivity index (χ4n) is 4.76. The third-order valence-electron chi connectivity index (χ3n) is 6.56. The molecule has 0 bridgehead atoms. The summed E-state index contributed by atoms with van der Waals surface area (Å²) in [5.74, 6) is -1.10. The van der Waals surface area contributed by atoms with E-state index in [1.165, 1.54) is 0 Å². The Hall–Kier alpha value is -3.23. The number of hydrogen-bond acceptors (Lipinski definition) is 7. The Bertz CT molecular complexity index is 1070. The molecule has 1 amide bonds. The number of aryl methyl sites for hydroxylation is 1. The number of nitrogens with one attached hydrogen (secondary N) is 1. The van der Waals surface area contributed by atoms with Crippen LogP contribution < -0.4 is 5.32 Å². The van der Waals surface area contributed by atoms with E-state index >= 15 is 0 Å². The van der Waals surface area contributed by atoms with Gasteiger partial charge in [0.15, 0.2) is 0 Å². The molecule has 0 saturated carbocycles. The predicted molar refractivity (Wildman–Crippen MR) is 150 cm³/mol. The van der Waals surface area contributed by atoms with Crippen molar-refractivity contribution in [2.24, 2.45) is 0 Å². The fraction of sp³-hybridized carbons (Fsp3) is 0.516. The molecule has 2 aromatic carbocycles. The van der Waals surface area contributed by atoms with Crippen LogP contribution in [0.2, 0.25) is 0 Å². The average Bonchev–Trinajstić information content (AvgIpc) is 2.90. The van der Waals surface area contributed by atoms with Gasteiger partial charge in [0.25, 0.3) is 5.91 Å². The summed E-state index contributed by atoms with van der Waals surface area (Å²) in [4.78, 5) is 40.2. The van der Waals surface area contributed by atoms with E-state index in [1.807, 2.05) is 86.4 Å². The summed E-state index contributed by atoms with van der Waals surface area (Å²) in [6.45, 7) is 10.3. The lowest BCUT2D eigenvalue weighted by molar-refractivity contribution is -0.187. The Morgan fingerprint density at radius 2 is 1.62 bits per heavy atom. The van der Waals surface area contributed by atoms with Crippen LogP contribution in [0.3, 0.4) is 0 Å². The highest BCUT2D eigenvalue weighted by molar-refractivity contribution is 5.88. The van der Waals surface area contributed by atoms with E-state index in [-0.39, 0.29) is 12.5 Å². The second kappa shape index (κ2) is 14.2. The molecule has 1 aliphatic rings. The van der Waals surface area contributed by atoms with Gasteiger partial charge in [-0.15, -0.1) is 0 Å². The molecule has 1 unspecified atom stereocenters. The van der Waals surface area contributed by atoms with Gasteiger partial charge in [-0.1, -0.05) is 60.7 Å². The monoisotopic (exact) mass is 537 g/mol. The lowest BCUT2D eigenvalue weighted by atomic mass is 10.0. The largest absolute Gasteiger partial charge is 0.465 e. The van der Waals surface area contributed by atoms with Gasteiger partial charge in [-0.3, -0.25) is 19.9 Å². The van der Waals surface area contributed by atoms with Crippen molar-refractivity contribution in [3.8, 4) is 0 Å². The standard InChI is InChI=1S/C31H43N3O5/c1-6-38-29(36)26(20-19-24-14-9-7-10-15-24)32-23(2)28(35)34-27(30(37)39-31(3,4)5)18-13-21-33(34)22-25-16-11-8-12-17-25/h7-12,14-17,23,26-27,32H,6,13,18-22H2,1-5H3/t23-,26-,27?/m0/s1. The lowest BCUT2D eigenvalue weighted by Gasteiger charge is -2.45. The topological polar surface area (TPSA) is 88.2 Å². The molecular weight excluding hydrogens is 494 g/mol. The van der Waals surface area contributed by atoms with Crippen LogP contribution in [0.25, 0.3) is 0 Å². The van der Waals surface area contributed by atoms with E-state index in [0.29, 0.717) is 32.4 Å². The molecule has 0 spiro atoms. The van der Waals surface area contributed by atoms with E-state index in [1.54, 1.807) is 18.9 Å². The van der Waals surface area contributed by atoms with Gasteiger partial charge in [0.1, 0.15) is 17.7 Å². The first-order valence-corrected chi connectivity index (χ1v) is 13.9. The first kappa shape index (κ1) is 30.3. The number of carbonyl (C=O) groups excluding carboxylic acids is 3. The van der Waals surface area contributed by atoms with Gasteiger partial charge >= 0.3 is 11.9 Å². The zero-order valence-electron chi connectivity index (χ0n) is 23.9. The van der Waals surface area contributed by atoms with Crippen LogP contribution in [0, 0.1) is 0 Å². The van der Waals surface area contributed by atoms with E-state index in [4.69, 9.17) is 9.47 Å². The number of rotatable bonds is 11. The maximum Gasteiger partial charge on any atom is 0.331 e. The van der Waals surface area contributed by atoms with Gasteiger partial charge in [0, 0.05) is 13.1 Å². The normalized spacial score (nSPS) is 17.8. The minimum absolute atomic E-state index is 0.252. The Balaban J connectivity index is 1.82. The number of hydrazine groups is 1. The molecule has 2 aromatic rings. The summed E-state index contributed by atoms with van der Waals surface area (Å²) < 4.78 is 11.0. The maximum atomic E-state index is 14.0. The predicted octanol–water partition coefficient (Wildman–Crippen LogP) is 4.28. The summed E-state index contributed by atoms with van der Waals surface area (Å²) in [6, 6.07) is 17.6. The van der Waals surface area contributed by atoms with Crippen molar-refractivity contribution in [3.05, 3.63) is 71.8 Å². The number of benzene rings is 2. The van der Waals surface area contributed by atoms with Crippen LogP contribution in [0.4, 0.5) is 0 Å². The maximum absolute atomic E-state index is 14.0. The first-order chi connectivity index (χ1) is 18.6. The lowest BCUT2D eigenvalue weighted by Crippen LogP contribution is -2.63. The van der Waals surface area contributed by atoms with Crippen molar-refractivity contribution in [2.45, 2.75) is 90.6 Å². The SMILES string of the molecule is CCOC(=O)[C@H](CCc1ccccc1)N[C@@H](C)C(=O)N1C(C(=O)OC(C)(C)C)CCCN1Cc1ccccc1. The molecule has 0 aliphatic carbocycles. The van der Waals surface area contributed by atoms with Gasteiger partial charge in [-0.2, -0.15) is 0 Å². The van der Waals surface area contributed by atoms with Gasteiger partial charge in [0.2, 0.25) is 0 Å². The minimum atomic E-state index is -0.746. The Labute approximate surface area is 232 Å². The molecule has 1 heterocycles. The zero-order chi connectivity index (χ0) is 28.4. The van der Waals surface area contributed by atoms with Crippen molar-refractivity contribution in [3.63, 3.8) is 0 Å². The second-order valence-electron chi connectivity index (χ2n) is 11.0. The highest BCUT2D eigenvalue weighted by Crippen LogP contribution is 2.25. The summed E-state index contributed by atoms with van der Waals surface area (Å²) in [5.41, 5.74) is 1.46. The summed E-state index contributed by atoms with van der Waals surface area (Å²) in [5, 5.41) is 6.70. The minimum Gasteiger partial charge on any atom is -0.465 e. The number of carbonyl (C=O) groups is 3. The van der Waals surface area contributed by atoms with Crippen molar-refractivity contribution < 1.29 is 23.9 Å². The fourth-order valence-corrected chi connectivity index (χ4v) is 4.76. The van der Waals surface area contributed by atoms with E-state index in [9.17, 15) is 14.4 Å². The molecule has 0 aromatic heterocycles. The quantitative estimate of drug-likeness (QED) is 0.428. The highest BCUT2D eigenvalue weighted by atomic mass is 16.6. The van der Waals surface area contributed by atoms with Gasteiger partial charge in [-0.05, 0) is 71.4 Å². The third kappa shape index (κ3) is 9.18. The number of nitrogens with zero attached hydrogens (tertiary/aromatic N) is 2. The molecule has 1 saturated heterocycles. The molecule has 1 N–H and O–H groups in total. The molecule has 1 aliphatic heterocycles. The molecule has 0 radical (unpaired) electrons. The van der Waals surface area contributed by atoms with Crippen molar-refractivity contribution in [2.75, 3.05) is 13.2 Å². The summed E-state index contributed by atoms with van der Waals surface area (Å²) in [7, 11) is 0. The molecular formula is C31H43N3O5. The Morgan fingerprint density at radius 1 is 1.00 bits per heavy atom. The van der Waals surface area contributed by atoms with E-state index < -0.39 is 35.7 Å². The van der Waals surface area contributed by atoms with Gasteiger partial charge < -0.3 is 9.47 Å². The number of hydrogen-bond donors (Lipinski definition) is 1. The van der Waals surface area contributed by atoms with Crippen molar-refractivity contribution in [1.29, 1.82) is 0 Å². The van der Waals surface area contributed by atoms with Crippen LogP contribution in [0.15, 0.2) is 60.7 Å². The van der Waals surface area contributed by atoms with Gasteiger partial charge in [0.05, 0.1) is 12.6 Å². The van der Waals surface area contributed by atoms with Crippen LogP contribution >= 0.6 is 0 Å². The molecule has 1 fully saturated rings. The molecule has 8 nitrogen and oxygen atoms in total. The van der Waals surface area contributed by atoms with Crippen LogP contribution in [0.5, 0.6) is 0 Å². The Kier molecular flexibility index (Phi) is 11.1. The van der Waals surface area contributed by atoms with Crippen LogP contribution in [0.1, 0.15) is 65.0 Å². The van der Waals surface area contributed by atoms with Crippen LogP contribution in [-0.2, 0) is 36.8 Å². The summed E-state index contributed by atoms with van der Waals surface area (Å²) in [6.07, 6.45) is 2.39. The molecule has 39 heavy (non-hydrogen) atoms. The van der Waals surface area contributed by atoms with Gasteiger partial charge in [-0.25, -0.2) is 9.80 Å². The summed E-state index contributed by atoms with van der Waals surface area (Å²) >= 11 is 0. The zero-order valence-corrected chi connectivity index (χ0v) is 23.9. The Morgan fingerprint density at radius 3 is 2.21 bits per heavy atom. The molecule has 3 atom stereocenters. The highest BCUT2D eigenvalue weighted by Gasteiger charge is 2.41. The van der Waals surface area contributed by atoms with Crippen LogP contribution in [-0.4, -0.2) is 64.7 Å².